The Labute approximate surface area is 175 Å². The van der Waals surface area contributed by atoms with E-state index in [1.807, 2.05) is 0 Å². The number of benzene rings is 1. The molecule has 0 aliphatic carbocycles. The van der Waals surface area contributed by atoms with E-state index >= 15 is 0 Å². The number of likely N-dealkylation sites (tertiary alicyclic amines) is 1. The van der Waals surface area contributed by atoms with Crippen LogP contribution in [0.3, 0.4) is 0 Å². The van der Waals surface area contributed by atoms with Gasteiger partial charge in [-0.2, -0.15) is 13.2 Å². The van der Waals surface area contributed by atoms with E-state index in [1.54, 1.807) is 0 Å². The van der Waals surface area contributed by atoms with E-state index in [4.69, 9.17) is 4.74 Å². The van der Waals surface area contributed by atoms with Crippen LogP contribution in [0.4, 0.5) is 23.2 Å². The maximum atomic E-state index is 13.3. The first-order valence-corrected chi connectivity index (χ1v) is 9.70. The molecule has 6 nitrogen and oxygen atoms in total. The second-order valence-electron chi connectivity index (χ2n) is 7.66. The van der Waals surface area contributed by atoms with Crippen molar-refractivity contribution in [2.24, 2.45) is 0 Å². The van der Waals surface area contributed by atoms with Gasteiger partial charge in [-0.1, -0.05) is 0 Å². The molecule has 4 rings (SSSR count). The lowest BCUT2D eigenvalue weighted by molar-refractivity contribution is -0.144. The summed E-state index contributed by atoms with van der Waals surface area (Å²) in [5.74, 6) is -1.59. The molecule has 31 heavy (non-hydrogen) atoms. The highest BCUT2D eigenvalue weighted by Crippen LogP contribution is 2.35. The molecule has 0 saturated carbocycles. The van der Waals surface area contributed by atoms with Gasteiger partial charge in [-0.05, 0) is 49.2 Å². The van der Waals surface area contributed by atoms with Gasteiger partial charge in [0.25, 0.3) is 11.8 Å². The number of aromatic nitrogens is 1. The fourth-order valence-corrected chi connectivity index (χ4v) is 4.04. The Morgan fingerprint density at radius 2 is 1.87 bits per heavy atom. The minimum Gasteiger partial charge on any atom is -0.361 e. The molecule has 2 aromatic rings. The van der Waals surface area contributed by atoms with Crippen LogP contribution < -0.4 is 4.90 Å². The van der Waals surface area contributed by atoms with Crippen molar-refractivity contribution in [3.8, 4) is 0 Å². The van der Waals surface area contributed by atoms with Gasteiger partial charge < -0.3 is 14.5 Å². The SMILES string of the molecule is O=C(c1ncccc1C(F)(F)F)N1CCCC2(C1)CN(c1ccc(F)cc1)C(=O)CO2. The average molecular weight is 437 g/mol. The summed E-state index contributed by atoms with van der Waals surface area (Å²) < 4.78 is 59.0. The molecule has 1 unspecified atom stereocenters. The molecule has 0 N–H and O–H groups in total. The third-order valence-electron chi connectivity index (χ3n) is 5.53. The molecule has 0 bridgehead atoms. The minimum absolute atomic E-state index is 0.0185. The molecular formula is C21H19F4N3O3. The smallest absolute Gasteiger partial charge is 0.361 e. The fraction of sp³-hybridized carbons (Fsp3) is 0.381. The van der Waals surface area contributed by atoms with Crippen LogP contribution in [-0.2, 0) is 15.7 Å². The lowest BCUT2D eigenvalue weighted by atomic mass is 9.90. The zero-order chi connectivity index (χ0) is 22.2. The Balaban J connectivity index is 1.57. The van der Waals surface area contributed by atoms with E-state index in [0.29, 0.717) is 18.5 Å². The van der Waals surface area contributed by atoms with E-state index in [2.05, 4.69) is 4.98 Å². The molecule has 2 fully saturated rings. The second kappa shape index (κ2) is 7.92. The van der Waals surface area contributed by atoms with Crippen LogP contribution >= 0.6 is 0 Å². The Hall–Kier alpha value is -3.01. The van der Waals surface area contributed by atoms with Gasteiger partial charge in [0.1, 0.15) is 23.7 Å². The Kier molecular flexibility index (Phi) is 5.42. The van der Waals surface area contributed by atoms with Crippen molar-refractivity contribution in [3.63, 3.8) is 0 Å². The Bertz CT molecular complexity index is 996. The molecule has 0 radical (unpaired) electrons. The topological polar surface area (TPSA) is 62.7 Å². The highest BCUT2D eigenvalue weighted by atomic mass is 19.4. The van der Waals surface area contributed by atoms with E-state index in [0.717, 1.165) is 18.3 Å². The number of anilines is 1. The maximum absolute atomic E-state index is 13.3. The normalized spacial score (nSPS) is 22.1. The summed E-state index contributed by atoms with van der Waals surface area (Å²) >= 11 is 0. The zero-order valence-corrected chi connectivity index (χ0v) is 16.4. The van der Waals surface area contributed by atoms with Crippen molar-refractivity contribution >= 4 is 17.5 Å². The number of halogens is 4. The number of hydrogen-bond acceptors (Lipinski definition) is 4. The molecule has 2 aliphatic rings. The number of pyridine rings is 1. The number of rotatable bonds is 2. The van der Waals surface area contributed by atoms with Crippen molar-refractivity contribution in [2.45, 2.75) is 24.6 Å². The van der Waals surface area contributed by atoms with Gasteiger partial charge in [-0.3, -0.25) is 14.6 Å². The number of piperidine rings is 1. The number of morpholine rings is 1. The molecule has 10 heteroatoms. The summed E-state index contributed by atoms with van der Waals surface area (Å²) in [4.78, 5) is 31.8. The summed E-state index contributed by atoms with van der Waals surface area (Å²) in [5, 5.41) is 0. The van der Waals surface area contributed by atoms with E-state index in [9.17, 15) is 27.2 Å². The zero-order valence-electron chi connectivity index (χ0n) is 16.4. The number of ether oxygens (including phenoxy) is 1. The molecule has 2 aliphatic heterocycles. The molecule has 2 amide bonds. The lowest BCUT2D eigenvalue weighted by Crippen LogP contribution is -2.62. The van der Waals surface area contributed by atoms with Gasteiger partial charge in [0, 0.05) is 18.4 Å². The van der Waals surface area contributed by atoms with Gasteiger partial charge in [0.15, 0.2) is 0 Å². The molecular weight excluding hydrogens is 418 g/mol. The molecule has 164 valence electrons. The number of nitrogens with zero attached hydrogens (tertiary/aromatic N) is 3. The monoisotopic (exact) mass is 437 g/mol. The lowest BCUT2D eigenvalue weighted by Gasteiger charge is -2.47. The van der Waals surface area contributed by atoms with Crippen LogP contribution in [0.25, 0.3) is 0 Å². The van der Waals surface area contributed by atoms with Crippen LogP contribution in [0, 0.1) is 5.82 Å². The van der Waals surface area contributed by atoms with E-state index < -0.39 is 34.8 Å². The van der Waals surface area contributed by atoms with Gasteiger partial charge in [0.2, 0.25) is 0 Å². The highest BCUT2D eigenvalue weighted by Gasteiger charge is 2.46. The minimum atomic E-state index is -4.71. The molecule has 1 spiro atoms. The molecule has 1 aromatic carbocycles. The Morgan fingerprint density at radius 1 is 1.13 bits per heavy atom. The molecule has 3 heterocycles. The summed E-state index contributed by atoms with van der Waals surface area (Å²) in [7, 11) is 0. The van der Waals surface area contributed by atoms with Gasteiger partial charge in [-0.25, -0.2) is 4.39 Å². The van der Waals surface area contributed by atoms with Crippen LogP contribution in [0.2, 0.25) is 0 Å². The van der Waals surface area contributed by atoms with E-state index in [1.165, 1.54) is 34.1 Å². The number of hydrogen-bond donors (Lipinski definition) is 0. The number of amides is 2. The van der Waals surface area contributed by atoms with Crippen molar-refractivity contribution in [3.05, 3.63) is 59.7 Å². The third-order valence-corrected chi connectivity index (χ3v) is 5.53. The fourth-order valence-electron chi connectivity index (χ4n) is 4.04. The van der Waals surface area contributed by atoms with Crippen LogP contribution in [-0.4, -0.2) is 53.5 Å². The standard InChI is InChI=1S/C21H19F4N3O3/c22-14-4-6-15(7-5-14)28-13-20(31-11-17(28)29)8-2-10-27(12-20)19(30)18-16(21(23,24)25)3-1-9-26-18/h1,3-7,9H,2,8,10-13H2. The first-order chi connectivity index (χ1) is 14.7. The maximum Gasteiger partial charge on any atom is 0.418 e. The van der Waals surface area contributed by atoms with Crippen LogP contribution in [0.5, 0.6) is 0 Å². The van der Waals surface area contributed by atoms with Gasteiger partial charge in [0.05, 0.1) is 18.7 Å². The Morgan fingerprint density at radius 3 is 2.58 bits per heavy atom. The number of alkyl halides is 3. The quantitative estimate of drug-likeness (QED) is 0.677. The van der Waals surface area contributed by atoms with Crippen LogP contribution in [0.1, 0.15) is 28.9 Å². The first-order valence-electron chi connectivity index (χ1n) is 9.70. The van der Waals surface area contributed by atoms with Crippen molar-refractivity contribution in [1.29, 1.82) is 0 Å². The summed E-state index contributed by atoms with van der Waals surface area (Å²) in [6.07, 6.45) is -2.55. The highest BCUT2D eigenvalue weighted by molar-refractivity contribution is 5.96. The number of carbonyl (C=O) groups excluding carboxylic acids is 2. The van der Waals surface area contributed by atoms with Crippen molar-refractivity contribution < 1.29 is 31.9 Å². The largest absolute Gasteiger partial charge is 0.418 e. The van der Waals surface area contributed by atoms with Crippen LogP contribution in [0.15, 0.2) is 42.6 Å². The van der Waals surface area contributed by atoms with Crippen molar-refractivity contribution in [1.82, 2.24) is 9.88 Å². The third kappa shape index (κ3) is 4.25. The first kappa shape index (κ1) is 21.2. The van der Waals surface area contributed by atoms with Gasteiger partial charge in [-0.15, -0.1) is 0 Å². The predicted molar refractivity (Wildman–Crippen MR) is 102 cm³/mol. The summed E-state index contributed by atoms with van der Waals surface area (Å²) in [6, 6.07) is 7.38. The molecule has 2 saturated heterocycles. The summed E-state index contributed by atoms with van der Waals surface area (Å²) in [6.45, 7) is 0.138. The second-order valence-corrected chi connectivity index (χ2v) is 7.66. The summed E-state index contributed by atoms with van der Waals surface area (Å²) in [5.41, 5.74) is -2.19. The van der Waals surface area contributed by atoms with Crippen molar-refractivity contribution in [2.75, 3.05) is 31.1 Å². The average Bonchev–Trinajstić information content (AvgIpc) is 2.75. The predicted octanol–water partition coefficient (Wildman–Crippen LogP) is 3.28. The molecule has 1 atom stereocenters. The van der Waals surface area contributed by atoms with Gasteiger partial charge >= 0.3 is 6.18 Å². The molecule has 1 aromatic heterocycles. The number of carbonyl (C=O) groups is 2. The van der Waals surface area contributed by atoms with E-state index in [-0.39, 0.29) is 32.1 Å².